The summed E-state index contributed by atoms with van der Waals surface area (Å²) in [4.78, 5) is 27.1. The van der Waals surface area contributed by atoms with Crippen LogP contribution in [0.15, 0.2) is 51.0 Å². The van der Waals surface area contributed by atoms with Crippen molar-refractivity contribution in [1.29, 1.82) is 0 Å². The van der Waals surface area contributed by atoms with Crippen molar-refractivity contribution < 1.29 is 27.4 Å². The molecule has 11 heteroatoms. The standard InChI is InChI=1S/C20H17F3N2O4S2/c1-4-28-19(27)16-17(26)15-13(9-10-14(30-2)18(15)31-3)25(24-16)11-5-7-12(8-6-11)29-20(21,22)23/h5-10H,4H2,1-3H3. The smallest absolute Gasteiger partial charge is 0.461 e. The second-order valence-electron chi connectivity index (χ2n) is 6.05. The number of alkyl halides is 3. The molecule has 0 spiro atoms. The number of carbonyl (C=O) groups is 1. The third-order valence-electron chi connectivity index (χ3n) is 4.18. The molecule has 1 aromatic heterocycles. The van der Waals surface area contributed by atoms with Gasteiger partial charge < -0.3 is 9.47 Å². The number of esters is 1. The van der Waals surface area contributed by atoms with E-state index in [0.717, 1.165) is 17.0 Å². The summed E-state index contributed by atoms with van der Waals surface area (Å²) in [6, 6.07) is 8.47. The molecule has 2 aromatic carbocycles. The molecule has 0 radical (unpaired) electrons. The zero-order valence-corrected chi connectivity index (χ0v) is 18.3. The third-order valence-corrected chi connectivity index (χ3v) is 5.92. The van der Waals surface area contributed by atoms with Gasteiger partial charge in [-0.15, -0.1) is 36.7 Å². The third kappa shape index (κ3) is 4.82. The molecule has 31 heavy (non-hydrogen) atoms. The summed E-state index contributed by atoms with van der Waals surface area (Å²) in [6.07, 6.45) is -1.14. The summed E-state index contributed by atoms with van der Waals surface area (Å²) >= 11 is 2.80. The van der Waals surface area contributed by atoms with Crippen LogP contribution in [0.1, 0.15) is 17.4 Å². The van der Waals surface area contributed by atoms with E-state index in [4.69, 9.17) is 4.74 Å². The quantitative estimate of drug-likeness (QED) is 0.375. The highest BCUT2D eigenvalue weighted by Crippen LogP contribution is 2.34. The summed E-state index contributed by atoms with van der Waals surface area (Å²) in [5.41, 5.74) is -0.223. The second-order valence-corrected chi connectivity index (χ2v) is 7.71. The second kappa shape index (κ2) is 9.23. The Morgan fingerprint density at radius 3 is 2.32 bits per heavy atom. The number of rotatable bonds is 6. The zero-order valence-electron chi connectivity index (χ0n) is 16.6. The van der Waals surface area contributed by atoms with Crippen LogP contribution in [0.4, 0.5) is 13.2 Å². The Balaban J connectivity index is 2.29. The molecule has 1 heterocycles. The van der Waals surface area contributed by atoms with Gasteiger partial charge in [0, 0.05) is 9.79 Å². The lowest BCUT2D eigenvalue weighted by atomic mass is 10.2. The first kappa shape index (κ1) is 23.0. The molecule has 0 aliphatic rings. The molecule has 0 N–H and O–H groups in total. The lowest BCUT2D eigenvalue weighted by Gasteiger charge is -2.16. The van der Waals surface area contributed by atoms with Crippen molar-refractivity contribution in [2.24, 2.45) is 0 Å². The minimum absolute atomic E-state index is 0.0572. The average Bonchev–Trinajstić information content (AvgIpc) is 2.73. The van der Waals surface area contributed by atoms with Crippen molar-refractivity contribution in [3.63, 3.8) is 0 Å². The van der Waals surface area contributed by atoms with E-state index >= 15 is 0 Å². The molecule has 0 aliphatic heterocycles. The first-order valence-electron chi connectivity index (χ1n) is 8.91. The first-order chi connectivity index (χ1) is 14.7. The number of carbonyl (C=O) groups excluding carboxylic acids is 1. The van der Waals surface area contributed by atoms with Crippen LogP contribution < -0.4 is 10.2 Å². The molecule has 6 nitrogen and oxygen atoms in total. The predicted octanol–water partition coefficient (Wildman–Crippen LogP) is 4.90. The first-order valence-corrected chi connectivity index (χ1v) is 11.4. The van der Waals surface area contributed by atoms with Gasteiger partial charge in [0.25, 0.3) is 0 Å². The van der Waals surface area contributed by atoms with Crippen LogP contribution in [-0.4, -0.2) is 41.2 Å². The predicted molar refractivity (Wildman–Crippen MR) is 114 cm³/mol. The summed E-state index contributed by atoms with van der Waals surface area (Å²) in [7, 11) is 0. The van der Waals surface area contributed by atoms with Crippen LogP contribution in [0, 0.1) is 0 Å². The Morgan fingerprint density at radius 2 is 1.77 bits per heavy atom. The molecule has 3 rings (SSSR count). The van der Waals surface area contributed by atoms with Crippen LogP contribution in [0.3, 0.4) is 0 Å². The summed E-state index contributed by atoms with van der Waals surface area (Å²) in [5, 5.41) is 4.46. The van der Waals surface area contributed by atoms with Crippen molar-refractivity contribution in [2.45, 2.75) is 23.1 Å². The van der Waals surface area contributed by atoms with Crippen LogP contribution in [0.25, 0.3) is 16.6 Å². The molecule has 0 amide bonds. The topological polar surface area (TPSA) is 70.4 Å². The Hall–Kier alpha value is -2.66. The number of aromatic nitrogens is 2. The largest absolute Gasteiger partial charge is 0.573 e. The molecule has 0 aliphatic carbocycles. The number of thioether (sulfide) groups is 2. The van der Waals surface area contributed by atoms with Crippen molar-refractivity contribution in [1.82, 2.24) is 9.78 Å². The summed E-state index contributed by atoms with van der Waals surface area (Å²) in [6.45, 7) is 1.66. The SMILES string of the molecule is CCOC(=O)c1nn(-c2ccc(OC(F)(F)F)cc2)c2ccc(SC)c(SC)c2c1=O. The minimum atomic E-state index is -4.82. The lowest BCUT2D eigenvalue weighted by Crippen LogP contribution is -2.24. The van der Waals surface area contributed by atoms with Crippen LogP contribution in [-0.2, 0) is 4.74 Å². The maximum atomic E-state index is 13.1. The van der Waals surface area contributed by atoms with E-state index in [-0.39, 0.29) is 12.0 Å². The molecule has 0 unspecified atom stereocenters. The van der Waals surface area contributed by atoms with Gasteiger partial charge in [-0.3, -0.25) is 4.79 Å². The number of benzene rings is 2. The number of fused-ring (bicyclic) bond motifs is 1. The summed E-state index contributed by atoms with van der Waals surface area (Å²) in [5.74, 6) is -1.27. The zero-order chi connectivity index (χ0) is 22.8. The fourth-order valence-electron chi connectivity index (χ4n) is 2.95. The van der Waals surface area contributed by atoms with E-state index in [1.165, 1.54) is 40.3 Å². The number of hydrogen-bond acceptors (Lipinski definition) is 7. The molecule has 0 fully saturated rings. The van der Waals surface area contributed by atoms with Crippen molar-refractivity contribution in [3.05, 3.63) is 52.3 Å². The fourth-order valence-corrected chi connectivity index (χ4v) is 4.61. The highest BCUT2D eigenvalue weighted by Gasteiger charge is 2.31. The number of hydrogen-bond donors (Lipinski definition) is 0. The minimum Gasteiger partial charge on any atom is -0.461 e. The Morgan fingerprint density at radius 1 is 1.10 bits per heavy atom. The maximum absolute atomic E-state index is 13.1. The molecule has 0 saturated heterocycles. The highest BCUT2D eigenvalue weighted by atomic mass is 32.2. The van der Waals surface area contributed by atoms with E-state index in [1.807, 2.05) is 18.6 Å². The van der Waals surface area contributed by atoms with E-state index in [1.54, 1.807) is 13.0 Å². The van der Waals surface area contributed by atoms with Crippen LogP contribution in [0.5, 0.6) is 5.75 Å². The molecule has 0 bridgehead atoms. The highest BCUT2D eigenvalue weighted by molar-refractivity contribution is 8.01. The fraction of sp³-hybridized carbons (Fsp3) is 0.250. The van der Waals surface area contributed by atoms with Gasteiger partial charge in [-0.25, -0.2) is 9.48 Å². The Bertz CT molecular complexity index is 1180. The molecular weight excluding hydrogens is 453 g/mol. The normalized spacial score (nSPS) is 11.5. The van der Waals surface area contributed by atoms with Crippen LogP contribution in [0.2, 0.25) is 0 Å². The Kier molecular flexibility index (Phi) is 6.85. The van der Waals surface area contributed by atoms with E-state index in [9.17, 15) is 22.8 Å². The maximum Gasteiger partial charge on any atom is 0.573 e. The number of halogens is 3. The average molecular weight is 470 g/mol. The van der Waals surface area contributed by atoms with E-state index in [2.05, 4.69) is 9.84 Å². The van der Waals surface area contributed by atoms with E-state index < -0.39 is 29.2 Å². The Labute approximate surface area is 183 Å². The van der Waals surface area contributed by atoms with Gasteiger partial charge in [-0.2, -0.15) is 5.10 Å². The molecule has 164 valence electrons. The monoisotopic (exact) mass is 470 g/mol. The molecule has 3 aromatic rings. The van der Waals surface area contributed by atoms with E-state index in [0.29, 0.717) is 16.1 Å². The van der Waals surface area contributed by atoms with Gasteiger partial charge in [-0.1, -0.05) is 0 Å². The van der Waals surface area contributed by atoms with Crippen LogP contribution >= 0.6 is 23.5 Å². The van der Waals surface area contributed by atoms with Gasteiger partial charge >= 0.3 is 12.3 Å². The van der Waals surface area contributed by atoms with Crippen molar-refractivity contribution >= 4 is 40.4 Å². The van der Waals surface area contributed by atoms with Crippen molar-refractivity contribution in [3.8, 4) is 11.4 Å². The van der Waals surface area contributed by atoms with Gasteiger partial charge in [-0.05, 0) is 55.8 Å². The van der Waals surface area contributed by atoms with Gasteiger partial charge in [0.2, 0.25) is 11.1 Å². The summed E-state index contributed by atoms with van der Waals surface area (Å²) < 4.78 is 47.6. The van der Waals surface area contributed by atoms with Gasteiger partial charge in [0.1, 0.15) is 5.75 Å². The number of ether oxygens (including phenoxy) is 2. The molecular formula is C20H17F3N2O4S2. The van der Waals surface area contributed by atoms with Crippen molar-refractivity contribution in [2.75, 3.05) is 19.1 Å². The van der Waals surface area contributed by atoms with Gasteiger partial charge in [0.15, 0.2) is 0 Å². The molecule has 0 saturated carbocycles. The number of nitrogens with zero attached hydrogens (tertiary/aromatic N) is 2. The lowest BCUT2D eigenvalue weighted by molar-refractivity contribution is -0.274. The molecule has 0 atom stereocenters. The van der Waals surface area contributed by atoms with Gasteiger partial charge in [0.05, 0.1) is 23.2 Å².